The molecule has 248 valence electrons. The van der Waals surface area contributed by atoms with Crippen molar-refractivity contribution >= 4 is 47.8 Å². The summed E-state index contributed by atoms with van der Waals surface area (Å²) in [6.45, 7) is 9.11. The van der Waals surface area contributed by atoms with E-state index in [1.54, 1.807) is 0 Å². The van der Waals surface area contributed by atoms with Crippen molar-refractivity contribution < 1.29 is 48.6 Å². The van der Waals surface area contributed by atoms with Crippen molar-refractivity contribution in [1.29, 1.82) is 0 Å². The average Bonchev–Trinajstić information content (AvgIpc) is 3.36. The molecule has 4 rings (SSSR count). The Morgan fingerprint density at radius 1 is 0.511 bits per heavy atom. The van der Waals surface area contributed by atoms with E-state index < -0.39 is 115 Å². The van der Waals surface area contributed by atoms with Gasteiger partial charge in [0, 0.05) is 0 Å². The minimum Gasteiger partial charge on any atom is -0.389 e. The van der Waals surface area contributed by atoms with Gasteiger partial charge in [0.2, 0.25) is 0 Å². The highest BCUT2D eigenvalue weighted by molar-refractivity contribution is 6.09. The average molecular weight is 637 g/mol. The second-order valence-corrected chi connectivity index (χ2v) is 13.8. The molecule has 0 aliphatic carbocycles. The summed E-state index contributed by atoms with van der Waals surface area (Å²) in [6, 6.07) is -3.20. The molecule has 0 spiro atoms. The molecule has 45 heavy (non-hydrogen) atoms. The molecular weight excluding hydrogens is 596 g/mol. The summed E-state index contributed by atoms with van der Waals surface area (Å²) < 4.78 is 0. The van der Waals surface area contributed by atoms with Gasteiger partial charge in [-0.3, -0.25) is 48.6 Å². The SMILES string of the molecule is CC1(C)NC(=O)N(CC(O)CN2C(=O)N(CN3C(=O)N(CC(O)CN4C(=O)NC(C)(C)C4=O)C(=O)C3(C)C)C(C)(C)C2=O)C1=O. The van der Waals surface area contributed by atoms with Gasteiger partial charge in [-0.1, -0.05) is 0 Å². The number of nitrogens with one attached hydrogen (secondary N) is 2. The highest BCUT2D eigenvalue weighted by atomic mass is 16.3. The number of hydrogen-bond acceptors (Lipinski definition) is 10. The highest BCUT2D eigenvalue weighted by Crippen LogP contribution is 2.34. The predicted octanol–water partition coefficient (Wildman–Crippen LogP) is -1.59. The molecule has 4 heterocycles. The lowest BCUT2D eigenvalue weighted by Crippen LogP contribution is -2.55. The predicted molar refractivity (Wildman–Crippen MR) is 152 cm³/mol. The number of hydrogen-bond donors (Lipinski definition) is 4. The molecule has 0 saturated carbocycles. The van der Waals surface area contributed by atoms with Gasteiger partial charge < -0.3 is 20.8 Å². The van der Waals surface area contributed by atoms with Crippen molar-refractivity contribution in [2.24, 2.45) is 0 Å². The number of aliphatic hydroxyl groups excluding tert-OH is 2. The van der Waals surface area contributed by atoms with Crippen LogP contribution in [0.3, 0.4) is 0 Å². The first kappa shape index (κ1) is 33.6. The largest absolute Gasteiger partial charge is 0.389 e. The number of urea groups is 4. The molecule has 0 aromatic heterocycles. The summed E-state index contributed by atoms with van der Waals surface area (Å²) >= 11 is 0. The first-order valence-electron chi connectivity index (χ1n) is 14.4. The van der Waals surface area contributed by atoms with Crippen LogP contribution in [0.1, 0.15) is 55.4 Å². The van der Waals surface area contributed by atoms with E-state index in [4.69, 9.17) is 0 Å². The Hall–Kier alpha value is -4.32. The number of imide groups is 4. The molecule has 4 aliphatic heterocycles. The lowest BCUT2D eigenvalue weighted by atomic mass is 10.0. The molecule has 4 saturated heterocycles. The van der Waals surface area contributed by atoms with Gasteiger partial charge in [-0.05, 0) is 55.4 Å². The lowest BCUT2D eigenvalue weighted by molar-refractivity contribution is -0.134. The normalized spacial score (nSPS) is 25.2. The minimum atomic E-state index is -1.53. The Morgan fingerprint density at radius 2 is 0.800 bits per heavy atom. The standard InChI is InChI=1S/C27H40N8O10/c1-24(2)16(38)30(20(42)28-24)9-14(36)11-32-18(40)26(5,6)34(22(32)44)13-35-23(45)33(19(41)27(35,7)8)12-15(37)10-31-17(39)25(3,4)29-21(31)43/h14-15,36-37H,9-13H2,1-8H3,(H,28,42)(H,29,43). The number of nitrogens with zero attached hydrogens (tertiary/aromatic N) is 6. The van der Waals surface area contributed by atoms with E-state index in [1.165, 1.54) is 55.4 Å². The van der Waals surface area contributed by atoms with Gasteiger partial charge in [0.1, 0.15) is 28.8 Å². The second-order valence-electron chi connectivity index (χ2n) is 13.8. The van der Waals surface area contributed by atoms with E-state index in [-0.39, 0.29) is 0 Å². The zero-order valence-corrected chi connectivity index (χ0v) is 26.5. The minimum absolute atomic E-state index is 0.475. The van der Waals surface area contributed by atoms with Crippen molar-refractivity contribution in [2.45, 2.75) is 89.8 Å². The van der Waals surface area contributed by atoms with Crippen molar-refractivity contribution in [2.75, 3.05) is 32.8 Å². The fourth-order valence-electron chi connectivity index (χ4n) is 5.70. The van der Waals surface area contributed by atoms with E-state index in [0.29, 0.717) is 0 Å². The molecule has 4 aliphatic rings. The van der Waals surface area contributed by atoms with Gasteiger partial charge in [-0.15, -0.1) is 0 Å². The zero-order valence-electron chi connectivity index (χ0n) is 26.5. The Bertz CT molecular complexity index is 1290. The van der Waals surface area contributed by atoms with E-state index in [2.05, 4.69) is 10.6 Å². The van der Waals surface area contributed by atoms with E-state index >= 15 is 0 Å². The van der Waals surface area contributed by atoms with Gasteiger partial charge >= 0.3 is 24.1 Å². The number of aliphatic hydroxyl groups is 2. The molecule has 2 unspecified atom stereocenters. The summed E-state index contributed by atoms with van der Waals surface area (Å²) in [5.74, 6) is -2.60. The first-order chi connectivity index (χ1) is 20.4. The molecule has 4 fully saturated rings. The molecule has 4 N–H and O–H groups in total. The van der Waals surface area contributed by atoms with Crippen LogP contribution in [0.15, 0.2) is 0 Å². The van der Waals surface area contributed by atoms with Crippen LogP contribution in [0.25, 0.3) is 0 Å². The van der Waals surface area contributed by atoms with Crippen LogP contribution in [0.4, 0.5) is 19.2 Å². The number of β-amino-alcohol motifs (C(OH)–C–C–N with tert-alkyl or cyclic N) is 2. The van der Waals surface area contributed by atoms with Gasteiger partial charge in [-0.2, -0.15) is 0 Å². The van der Waals surface area contributed by atoms with Gasteiger partial charge in [0.15, 0.2) is 0 Å². The van der Waals surface area contributed by atoms with Crippen LogP contribution in [-0.2, 0) is 19.2 Å². The third-order valence-electron chi connectivity index (χ3n) is 8.56. The van der Waals surface area contributed by atoms with E-state index in [9.17, 15) is 48.6 Å². The Morgan fingerprint density at radius 3 is 1.07 bits per heavy atom. The molecule has 0 aromatic carbocycles. The molecule has 18 heteroatoms. The summed E-state index contributed by atoms with van der Waals surface area (Å²) in [6.07, 6.45) is -2.95. The fourth-order valence-corrected chi connectivity index (χ4v) is 5.70. The molecule has 18 nitrogen and oxygen atoms in total. The smallest absolute Gasteiger partial charge is 0.329 e. The molecule has 2 atom stereocenters. The summed E-state index contributed by atoms with van der Waals surface area (Å²) in [5, 5.41) is 26.3. The van der Waals surface area contributed by atoms with E-state index in [0.717, 1.165) is 29.4 Å². The van der Waals surface area contributed by atoms with Gasteiger partial charge in [0.05, 0.1) is 38.4 Å². The Balaban J connectivity index is 1.45. The van der Waals surface area contributed by atoms with Crippen molar-refractivity contribution in [1.82, 2.24) is 40.0 Å². The maximum absolute atomic E-state index is 13.5. The highest BCUT2D eigenvalue weighted by Gasteiger charge is 2.58. The van der Waals surface area contributed by atoms with Crippen LogP contribution in [-0.4, -0.2) is 155 Å². The number of amides is 12. The molecule has 0 radical (unpaired) electrons. The summed E-state index contributed by atoms with van der Waals surface area (Å²) in [7, 11) is 0. The van der Waals surface area contributed by atoms with Gasteiger partial charge in [0.25, 0.3) is 23.6 Å². The third-order valence-corrected chi connectivity index (χ3v) is 8.56. The van der Waals surface area contributed by atoms with Crippen molar-refractivity contribution in [3.05, 3.63) is 0 Å². The van der Waals surface area contributed by atoms with Crippen LogP contribution >= 0.6 is 0 Å². The van der Waals surface area contributed by atoms with Crippen LogP contribution < -0.4 is 10.6 Å². The van der Waals surface area contributed by atoms with Crippen LogP contribution in [0.5, 0.6) is 0 Å². The zero-order chi connectivity index (χ0) is 34.2. The van der Waals surface area contributed by atoms with Crippen LogP contribution in [0, 0.1) is 0 Å². The quantitative estimate of drug-likeness (QED) is 0.201. The third kappa shape index (κ3) is 5.45. The lowest BCUT2D eigenvalue weighted by Gasteiger charge is -2.36. The molecule has 0 aromatic rings. The molecule has 0 bridgehead atoms. The fraction of sp³-hybridized carbons (Fsp3) is 0.704. The Labute approximate surface area is 259 Å². The van der Waals surface area contributed by atoms with Crippen molar-refractivity contribution in [3.8, 4) is 0 Å². The maximum atomic E-state index is 13.5. The Kier molecular flexibility index (Phi) is 7.94. The number of carbonyl (C=O) groups excluding carboxylic acids is 8. The number of carbonyl (C=O) groups is 8. The van der Waals surface area contributed by atoms with Crippen molar-refractivity contribution in [3.63, 3.8) is 0 Å². The molecular formula is C27H40N8O10. The van der Waals surface area contributed by atoms with Gasteiger partial charge in [-0.25, -0.2) is 19.2 Å². The first-order valence-corrected chi connectivity index (χ1v) is 14.4. The van der Waals surface area contributed by atoms with Crippen LogP contribution in [0.2, 0.25) is 0 Å². The topological polar surface area (TPSA) is 221 Å². The second kappa shape index (κ2) is 10.6. The molecule has 12 amide bonds. The monoisotopic (exact) mass is 636 g/mol. The summed E-state index contributed by atoms with van der Waals surface area (Å²) in [5.41, 5.74) is -5.41. The summed E-state index contributed by atoms with van der Waals surface area (Å²) in [4.78, 5) is 108. The number of rotatable bonds is 10. The maximum Gasteiger partial charge on any atom is 0.329 e. The van der Waals surface area contributed by atoms with E-state index in [1.807, 2.05) is 0 Å².